The number of rotatable bonds is 7. The van der Waals surface area contributed by atoms with E-state index in [0.29, 0.717) is 42.7 Å². The number of carbonyl (C=O) groups is 3. The molecule has 2 heterocycles. The minimum absolute atomic E-state index is 0.128. The Hall–Kier alpha value is -3.16. The Bertz CT molecular complexity index is 1090. The summed E-state index contributed by atoms with van der Waals surface area (Å²) >= 11 is 0. The molecule has 32 heavy (non-hydrogen) atoms. The van der Waals surface area contributed by atoms with E-state index in [9.17, 15) is 14.4 Å². The van der Waals surface area contributed by atoms with Crippen molar-refractivity contribution in [1.82, 2.24) is 14.7 Å². The molecule has 1 aromatic heterocycles. The first-order chi connectivity index (χ1) is 15.2. The standard InChI is InChI=1S/C24H31N5O3/c1-15-22-19(13-24(2,3)14-20(22)30)29(27-15)16-7-8-17(23(25)32)18(12-16)26-9-5-11-28-10-4-6-21(28)31/h7-8,12,26H,4-6,9-11,13-14H2,1-3H3,(H2,25,32). The lowest BCUT2D eigenvalue weighted by molar-refractivity contribution is -0.127. The molecule has 8 heteroatoms. The molecular weight excluding hydrogens is 406 g/mol. The maximum atomic E-state index is 12.7. The van der Waals surface area contributed by atoms with E-state index in [1.165, 1.54) is 0 Å². The summed E-state index contributed by atoms with van der Waals surface area (Å²) < 4.78 is 1.82. The van der Waals surface area contributed by atoms with E-state index in [0.717, 1.165) is 42.9 Å². The van der Waals surface area contributed by atoms with Crippen LogP contribution in [-0.4, -0.2) is 51.9 Å². The van der Waals surface area contributed by atoms with Crippen LogP contribution in [-0.2, 0) is 11.2 Å². The predicted molar refractivity (Wildman–Crippen MR) is 122 cm³/mol. The third-order valence-corrected chi connectivity index (χ3v) is 6.32. The van der Waals surface area contributed by atoms with Gasteiger partial charge in [0.05, 0.1) is 28.2 Å². The molecule has 1 aliphatic carbocycles. The lowest BCUT2D eigenvalue weighted by Gasteiger charge is -2.29. The summed E-state index contributed by atoms with van der Waals surface area (Å²) in [6, 6.07) is 5.37. The summed E-state index contributed by atoms with van der Waals surface area (Å²) in [5.74, 6) is -0.173. The number of benzene rings is 1. The van der Waals surface area contributed by atoms with Crippen molar-refractivity contribution in [3.8, 4) is 5.69 Å². The first kappa shape index (κ1) is 22.0. The van der Waals surface area contributed by atoms with Crippen molar-refractivity contribution in [1.29, 1.82) is 0 Å². The molecule has 0 saturated carbocycles. The molecule has 2 amide bonds. The average molecular weight is 438 g/mol. The van der Waals surface area contributed by atoms with Gasteiger partial charge in [0.2, 0.25) is 5.91 Å². The van der Waals surface area contributed by atoms with Gasteiger partial charge in [-0.3, -0.25) is 14.4 Å². The van der Waals surface area contributed by atoms with Crippen LogP contribution in [0.15, 0.2) is 18.2 Å². The van der Waals surface area contributed by atoms with E-state index in [-0.39, 0.29) is 17.1 Å². The maximum Gasteiger partial charge on any atom is 0.250 e. The van der Waals surface area contributed by atoms with Crippen LogP contribution < -0.4 is 11.1 Å². The molecule has 2 aromatic rings. The van der Waals surface area contributed by atoms with Crippen LogP contribution in [0, 0.1) is 12.3 Å². The smallest absolute Gasteiger partial charge is 0.250 e. The number of carbonyl (C=O) groups excluding carboxylic acids is 3. The van der Waals surface area contributed by atoms with E-state index in [1.54, 1.807) is 6.07 Å². The average Bonchev–Trinajstić information content (AvgIpc) is 3.26. The first-order valence-electron chi connectivity index (χ1n) is 11.2. The van der Waals surface area contributed by atoms with Crippen LogP contribution in [0.4, 0.5) is 5.69 Å². The summed E-state index contributed by atoms with van der Waals surface area (Å²) in [5, 5.41) is 7.97. The molecule has 4 rings (SSSR count). The van der Waals surface area contributed by atoms with E-state index in [4.69, 9.17) is 5.73 Å². The number of nitrogens with zero attached hydrogens (tertiary/aromatic N) is 3. The van der Waals surface area contributed by atoms with Gasteiger partial charge < -0.3 is 16.0 Å². The Labute approximate surface area is 188 Å². The fraction of sp³-hybridized carbons (Fsp3) is 0.500. The van der Waals surface area contributed by atoms with Gasteiger partial charge in [0.25, 0.3) is 5.91 Å². The molecule has 0 unspecified atom stereocenters. The normalized spacial score (nSPS) is 17.5. The van der Waals surface area contributed by atoms with Gasteiger partial charge in [0, 0.05) is 38.2 Å². The quantitative estimate of drug-likeness (QED) is 0.647. The lowest BCUT2D eigenvalue weighted by Crippen LogP contribution is -2.28. The Morgan fingerprint density at radius 3 is 2.72 bits per heavy atom. The van der Waals surface area contributed by atoms with Gasteiger partial charge in [0.1, 0.15) is 0 Å². The predicted octanol–water partition coefficient (Wildman–Crippen LogP) is 2.86. The van der Waals surface area contributed by atoms with E-state index in [2.05, 4.69) is 24.3 Å². The molecule has 1 saturated heterocycles. The summed E-state index contributed by atoms with van der Waals surface area (Å²) in [6.07, 6.45) is 3.59. The van der Waals surface area contributed by atoms with Crippen molar-refractivity contribution in [3.05, 3.63) is 40.7 Å². The van der Waals surface area contributed by atoms with Crippen LogP contribution in [0.25, 0.3) is 5.69 Å². The Morgan fingerprint density at radius 1 is 1.25 bits per heavy atom. The fourth-order valence-electron chi connectivity index (χ4n) is 4.81. The third-order valence-electron chi connectivity index (χ3n) is 6.32. The van der Waals surface area contributed by atoms with Gasteiger partial charge >= 0.3 is 0 Å². The summed E-state index contributed by atoms with van der Waals surface area (Å²) in [4.78, 5) is 38.4. The molecule has 0 spiro atoms. The number of fused-ring (bicyclic) bond motifs is 1. The van der Waals surface area contributed by atoms with Crippen LogP contribution in [0.3, 0.4) is 0 Å². The zero-order valence-corrected chi connectivity index (χ0v) is 19.0. The number of likely N-dealkylation sites (tertiary alicyclic amines) is 1. The van der Waals surface area contributed by atoms with Crippen LogP contribution >= 0.6 is 0 Å². The van der Waals surface area contributed by atoms with Crippen molar-refractivity contribution in [2.45, 2.75) is 52.9 Å². The molecule has 1 aromatic carbocycles. The number of primary amides is 1. The largest absolute Gasteiger partial charge is 0.384 e. The van der Waals surface area contributed by atoms with E-state index >= 15 is 0 Å². The molecule has 3 N–H and O–H groups in total. The van der Waals surface area contributed by atoms with Crippen LogP contribution in [0.5, 0.6) is 0 Å². The second-order valence-corrected chi connectivity index (χ2v) is 9.62. The first-order valence-corrected chi connectivity index (χ1v) is 11.2. The van der Waals surface area contributed by atoms with Crippen molar-refractivity contribution in [3.63, 3.8) is 0 Å². The molecule has 0 atom stereocenters. The summed E-state index contributed by atoms with van der Waals surface area (Å²) in [6.45, 7) is 8.17. The van der Waals surface area contributed by atoms with Gasteiger partial charge in [0.15, 0.2) is 5.78 Å². The van der Waals surface area contributed by atoms with Gasteiger partial charge in [-0.1, -0.05) is 13.8 Å². The highest BCUT2D eigenvalue weighted by Gasteiger charge is 2.35. The summed E-state index contributed by atoms with van der Waals surface area (Å²) in [5.41, 5.74) is 9.63. The number of ketones is 1. The molecule has 0 bridgehead atoms. The third kappa shape index (κ3) is 4.26. The second-order valence-electron chi connectivity index (χ2n) is 9.62. The highest BCUT2D eigenvalue weighted by molar-refractivity contribution is 6.00. The Kier molecular flexibility index (Phi) is 5.79. The van der Waals surface area contributed by atoms with Crippen LogP contribution in [0.1, 0.15) is 71.6 Å². The van der Waals surface area contributed by atoms with Gasteiger partial charge in [-0.15, -0.1) is 0 Å². The van der Waals surface area contributed by atoms with Crippen molar-refractivity contribution >= 4 is 23.3 Å². The second kappa shape index (κ2) is 8.41. The number of aromatic nitrogens is 2. The van der Waals surface area contributed by atoms with Gasteiger partial charge in [-0.2, -0.15) is 5.10 Å². The lowest BCUT2D eigenvalue weighted by atomic mass is 9.75. The highest BCUT2D eigenvalue weighted by atomic mass is 16.2. The number of hydrogen-bond acceptors (Lipinski definition) is 5. The molecule has 1 fully saturated rings. The number of anilines is 1. The van der Waals surface area contributed by atoms with Crippen molar-refractivity contribution in [2.24, 2.45) is 11.1 Å². The number of nitrogens with two attached hydrogens (primary N) is 1. The maximum absolute atomic E-state index is 12.7. The molecule has 1 aliphatic heterocycles. The molecule has 8 nitrogen and oxygen atoms in total. The topological polar surface area (TPSA) is 110 Å². The number of nitrogens with one attached hydrogen (secondary N) is 1. The van der Waals surface area contributed by atoms with Crippen molar-refractivity contribution in [2.75, 3.05) is 25.0 Å². The van der Waals surface area contributed by atoms with Crippen molar-refractivity contribution < 1.29 is 14.4 Å². The molecule has 0 radical (unpaired) electrons. The van der Waals surface area contributed by atoms with E-state index in [1.807, 2.05) is 28.6 Å². The van der Waals surface area contributed by atoms with Crippen LogP contribution in [0.2, 0.25) is 0 Å². The minimum Gasteiger partial charge on any atom is -0.384 e. The molecule has 170 valence electrons. The van der Waals surface area contributed by atoms with Gasteiger partial charge in [-0.05, 0) is 49.8 Å². The Morgan fingerprint density at radius 2 is 2.03 bits per heavy atom. The number of aryl methyl sites for hydroxylation is 1. The minimum atomic E-state index is -0.510. The Balaban J connectivity index is 1.58. The monoisotopic (exact) mass is 437 g/mol. The number of Topliss-reactive ketones (excluding diaryl/α,β-unsaturated/α-hetero) is 1. The number of hydrogen-bond donors (Lipinski definition) is 2. The zero-order chi connectivity index (χ0) is 23.0. The van der Waals surface area contributed by atoms with E-state index < -0.39 is 5.91 Å². The summed E-state index contributed by atoms with van der Waals surface area (Å²) in [7, 11) is 0. The highest BCUT2D eigenvalue weighted by Crippen LogP contribution is 2.37. The molecular formula is C24H31N5O3. The molecule has 2 aliphatic rings. The SMILES string of the molecule is Cc1nn(-c2ccc(C(N)=O)c(NCCCN3CCCC3=O)c2)c2c1C(=O)CC(C)(C)C2. The van der Waals surface area contributed by atoms with Gasteiger partial charge in [-0.25, -0.2) is 4.68 Å². The number of amides is 2. The fourth-order valence-corrected chi connectivity index (χ4v) is 4.81. The zero-order valence-electron chi connectivity index (χ0n) is 19.0.